The summed E-state index contributed by atoms with van der Waals surface area (Å²) < 4.78 is 0. The summed E-state index contributed by atoms with van der Waals surface area (Å²) in [6.45, 7) is 4.17. The van der Waals surface area contributed by atoms with Gasteiger partial charge in [-0.15, -0.1) is 0 Å². The molecule has 0 saturated heterocycles. The topological polar surface area (TPSA) is 42.0 Å². The molecule has 0 spiro atoms. The lowest BCUT2D eigenvalue weighted by Crippen LogP contribution is -2.26. The molecule has 1 fully saturated rings. The predicted octanol–water partition coefficient (Wildman–Crippen LogP) is 3.74. The number of carbonyl (C=O) groups excluding carboxylic acids is 1. The molecule has 3 nitrogen and oxygen atoms in total. The van der Waals surface area contributed by atoms with Gasteiger partial charge >= 0.3 is 0 Å². The highest BCUT2D eigenvalue weighted by molar-refractivity contribution is 7.99. The van der Waals surface area contributed by atoms with E-state index in [2.05, 4.69) is 42.3 Å². The standard InChI is InChI=1S/C17H18N2OS/c1-11-5-8-15(12(2)10-11)21-17-14(4-3-9-18-17)16(20)19-13-6-7-13/h3-5,8-10,13H,6-7H2,1-2H3,(H,19,20). The predicted molar refractivity (Wildman–Crippen MR) is 84.8 cm³/mol. The number of aromatic nitrogens is 1. The first-order valence-electron chi connectivity index (χ1n) is 7.14. The summed E-state index contributed by atoms with van der Waals surface area (Å²) in [5, 5.41) is 3.79. The van der Waals surface area contributed by atoms with Crippen LogP contribution in [0.15, 0.2) is 46.5 Å². The van der Waals surface area contributed by atoms with Gasteiger partial charge in [-0.2, -0.15) is 0 Å². The lowest BCUT2D eigenvalue weighted by molar-refractivity contribution is 0.0947. The van der Waals surface area contributed by atoms with Gasteiger partial charge in [-0.3, -0.25) is 4.79 Å². The van der Waals surface area contributed by atoms with Crippen molar-refractivity contribution in [3.8, 4) is 0 Å². The molecule has 2 aromatic rings. The maximum atomic E-state index is 12.3. The Morgan fingerprint density at radius 3 is 2.81 bits per heavy atom. The van der Waals surface area contributed by atoms with E-state index in [4.69, 9.17) is 0 Å². The molecule has 0 atom stereocenters. The Kier molecular flexibility index (Phi) is 3.97. The molecule has 1 aromatic heterocycles. The van der Waals surface area contributed by atoms with E-state index < -0.39 is 0 Å². The summed E-state index contributed by atoms with van der Waals surface area (Å²) in [4.78, 5) is 17.8. The normalized spacial score (nSPS) is 14.0. The molecular weight excluding hydrogens is 280 g/mol. The van der Waals surface area contributed by atoms with E-state index in [0.717, 1.165) is 22.8 Å². The quantitative estimate of drug-likeness (QED) is 0.935. The Labute approximate surface area is 129 Å². The van der Waals surface area contributed by atoms with Gasteiger partial charge in [0, 0.05) is 17.1 Å². The van der Waals surface area contributed by atoms with Crippen molar-refractivity contribution in [1.82, 2.24) is 10.3 Å². The van der Waals surface area contributed by atoms with Crippen molar-refractivity contribution < 1.29 is 4.79 Å². The first-order chi connectivity index (χ1) is 10.1. The lowest BCUT2D eigenvalue weighted by Gasteiger charge is -2.10. The van der Waals surface area contributed by atoms with Crippen LogP contribution in [0.25, 0.3) is 0 Å². The zero-order valence-electron chi connectivity index (χ0n) is 12.2. The Balaban J connectivity index is 1.85. The third kappa shape index (κ3) is 3.45. The van der Waals surface area contributed by atoms with Crippen LogP contribution in [0.4, 0.5) is 0 Å². The van der Waals surface area contributed by atoms with Crippen molar-refractivity contribution in [1.29, 1.82) is 0 Å². The van der Waals surface area contributed by atoms with Crippen molar-refractivity contribution in [2.24, 2.45) is 0 Å². The molecule has 0 unspecified atom stereocenters. The van der Waals surface area contributed by atoms with Crippen molar-refractivity contribution in [3.05, 3.63) is 53.2 Å². The van der Waals surface area contributed by atoms with E-state index >= 15 is 0 Å². The van der Waals surface area contributed by atoms with E-state index in [1.54, 1.807) is 18.0 Å². The Morgan fingerprint density at radius 1 is 1.29 bits per heavy atom. The first kappa shape index (κ1) is 14.1. The van der Waals surface area contributed by atoms with Gasteiger partial charge in [-0.05, 0) is 50.5 Å². The van der Waals surface area contributed by atoms with Crippen LogP contribution in [0, 0.1) is 13.8 Å². The van der Waals surface area contributed by atoms with E-state index in [0.29, 0.717) is 11.6 Å². The number of aryl methyl sites for hydroxylation is 2. The number of amides is 1. The van der Waals surface area contributed by atoms with Crippen molar-refractivity contribution in [3.63, 3.8) is 0 Å². The fraction of sp³-hybridized carbons (Fsp3) is 0.294. The molecule has 21 heavy (non-hydrogen) atoms. The molecule has 1 aliphatic carbocycles. The molecule has 3 rings (SSSR count). The molecule has 1 N–H and O–H groups in total. The third-order valence-corrected chi connectivity index (χ3v) is 4.66. The summed E-state index contributed by atoms with van der Waals surface area (Å²) in [7, 11) is 0. The summed E-state index contributed by atoms with van der Waals surface area (Å²) in [5.41, 5.74) is 3.11. The van der Waals surface area contributed by atoms with E-state index in [1.807, 2.05) is 12.1 Å². The van der Waals surface area contributed by atoms with Crippen molar-refractivity contribution in [2.45, 2.75) is 42.7 Å². The van der Waals surface area contributed by atoms with Gasteiger partial charge in [0.05, 0.1) is 5.56 Å². The van der Waals surface area contributed by atoms with Crippen LogP contribution >= 0.6 is 11.8 Å². The molecule has 4 heteroatoms. The number of carbonyl (C=O) groups is 1. The average Bonchev–Trinajstić information content (AvgIpc) is 3.26. The fourth-order valence-corrected chi connectivity index (χ4v) is 3.10. The molecule has 0 radical (unpaired) electrons. The van der Waals surface area contributed by atoms with Crippen LogP contribution in [0.3, 0.4) is 0 Å². The smallest absolute Gasteiger partial charge is 0.254 e. The van der Waals surface area contributed by atoms with Crippen LogP contribution in [-0.2, 0) is 0 Å². The van der Waals surface area contributed by atoms with Crippen LogP contribution in [-0.4, -0.2) is 16.9 Å². The van der Waals surface area contributed by atoms with Gasteiger partial charge < -0.3 is 5.32 Å². The minimum Gasteiger partial charge on any atom is -0.349 e. The van der Waals surface area contributed by atoms with E-state index in [1.165, 1.54) is 11.1 Å². The number of rotatable bonds is 4. The number of nitrogens with zero attached hydrogens (tertiary/aromatic N) is 1. The van der Waals surface area contributed by atoms with Crippen molar-refractivity contribution in [2.75, 3.05) is 0 Å². The zero-order valence-corrected chi connectivity index (χ0v) is 13.0. The minimum absolute atomic E-state index is 0.0159. The Morgan fingerprint density at radius 2 is 2.10 bits per heavy atom. The van der Waals surface area contributed by atoms with Crippen LogP contribution < -0.4 is 5.32 Å². The Bertz CT molecular complexity index is 680. The van der Waals surface area contributed by atoms with Crippen LogP contribution in [0.2, 0.25) is 0 Å². The number of pyridine rings is 1. The highest BCUT2D eigenvalue weighted by Crippen LogP contribution is 2.32. The summed E-state index contributed by atoms with van der Waals surface area (Å²) in [6, 6.07) is 10.3. The van der Waals surface area contributed by atoms with Gasteiger partial charge in [0.1, 0.15) is 5.03 Å². The molecule has 108 valence electrons. The highest BCUT2D eigenvalue weighted by atomic mass is 32.2. The summed E-state index contributed by atoms with van der Waals surface area (Å²) >= 11 is 1.55. The van der Waals surface area contributed by atoms with Gasteiger partial charge in [-0.25, -0.2) is 4.98 Å². The average molecular weight is 298 g/mol. The lowest BCUT2D eigenvalue weighted by atomic mass is 10.2. The van der Waals surface area contributed by atoms with Gasteiger partial charge in [0.25, 0.3) is 5.91 Å². The third-order valence-electron chi connectivity index (χ3n) is 3.47. The molecule has 1 amide bonds. The van der Waals surface area contributed by atoms with Gasteiger partial charge in [-0.1, -0.05) is 29.5 Å². The second-order valence-corrected chi connectivity index (χ2v) is 6.51. The molecule has 1 heterocycles. The largest absolute Gasteiger partial charge is 0.349 e. The minimum atomic E-state index is -0.0159. The monoisotopic (exact) mass is 298 g/mol. The highest BCUT2D eigenvalue weighted by Gasteiger charge is 2.25. The SMILES string of the molecule is Cc1ccc(Sc2ncccc2C(=O)NC2CC2)c(C)c1. The number of hydrogen-bond donors (Lipinski definition) is 1. The van der Waals surface area contributed by atoms with Gasteiger partial charge in [0.15, 0.2) is 0 Å². The van der Waals surface area contributed by atoms with E-state index in [-0.39, 0.29) is 5.91 Å². The maximum absolute atomic E-state index is 12.3. The number of hydrogen-bond acceptors (Lipinski definition) is 3. The number of benzene rings is 1. The van der Waals surface area contributed by atoms with Crippen molar-refractivity contribution >= 4 is 17.7 Å². The first-order valence-corrected chi connectivity index (χ1v) is 7.96. The maximum Gasteiger partial charge on any atom is 0.254 e. The molecular formula is C17H18N2OS. The van der Waals surface area contributed by atoms with E-state index in [9.17, 15) is 4.79 Å². The molecule has 1 aromatic carbocycles. The van der Waals surface area contributed by atoms with Gasteiger partial charge in [0.2, 0.25) is 0 Å². The molecule has 1 saturated carbocycles. The fourth-order valence-electron chi connectivity index (χ4n) is 2.15. The zero-order chi connectivity index (χ0) is 14.8. The molecule has 1 aliphatic rings. The number of nitrogens with one attached hydrogen (secondary N) is 1. The summed E-state index contributed by atoms with van der Waals surface area (Å²) in [5.74, 6) is -0.0159. The summed E-state index contributed by atoms with van der Waals surface area (Å²) in [6.07, 6.45) is 3.91. The molecule has 0 bridgehead atoms. The van der Waals surface area contributed by atoms with Crippen LogP contribution in [0.1, 0.15) is 34.3 Å². The second-order valence-electron chi connectivity index (χ2n) is 5.47. The molecule has 0 aliphatic heterocycles. The van der Waals surface area contributed by atoms with Crippen LogP contribution in [0.5, 0.6) is 0 Å². The Hall–Kier alpha value is -1.81. The second kappa shape index (κ2) is 5.90.